The highest BCUT2D eigenvalue weighted by molar-refractivity contribution is 5.91. The highest BCUT2D eigenvalue weighted by Crippen LogP contribution is 2.55. The third-order valence-electron chi connectivity index (χ3n) is 5.57. The molecular formula is C22H16FN3O. The molecule has 2 aromatic carbocycles. The number of Topliss-reactive ketones (excluding diaryl/α,β-unsaturated/α-hetero) is 1. The Balaban J connectivity index is 2.03. The number of ketones is 1. The fraction of sp³-hybridized carbons (Fsp3) is 0.227. The van der Waals surface area contributed by atoms with Crippen LogP contribution < -0.4 is 4.90 Å². The summed E-state index contributed by atoms with van der Waals surface area (Å²) in [5, 5.41) is 20.1. The Labute approximate surface area is 156 Å². The number of carbonyl (C=O) groups is 1. The van der Waals surface area contributed by atoms with E-state index in [0.29, 0.717) is 0 Å². The molecule has 2 aromatic rings. The molecular weight excluding hydrogens is 341 g/mol. The van der Waals surface area contributed by atoms with Crippen molar-refractivity contribution in [1.82, 2.24) is 0 Å². The molecule has 0 spiro atoms. The number of para-hydroxylation sites is 1. The molecule has 0 unspecified atom stereocenters. The molecule has 0 aromatic heterocycles. The van der Waals surface area contributed by atoms with E-state index in [-0.39, 0.29) is 11.3 Å². The summed E-state index contributed by atoms with van der Waals surface area (Å²) in [6, 6.07) is 16.4. The van der Waals surface area contributed by atoms with E-state index in [9.17, 15) is 19.7 Å². The number of carbonyl (C=O) groups excluding carboxylic acids is 1. The third kappa shape index (κ3) is 2.22. The van der Waals surface area contributed by atoms with Gasteiger partial charge in [-0.15, -0.1) is 0 Å². The summed E-state index contributed by atoms with van der Waals surface area (Å²) in [5.74, 6) is -1.61. The van der Waals surface area contributed by atoms with E-state index < -0.39 is 29.2 Å². The van der Waals surface area contributed by atoms with Crippen LogP contribution in [0.15, 0.2) is 54.6 Å². The standard InChI is InChI=1S/C22H16FN3O/c1-14(27)21-20(16-7-3-4-8-17(16)23)22(12-24,13-25)19-11-10-15-6-2-5-9-18(15)26(19)21/h2-11,19-21H,1H3/t19-,20+,21+/m1/s1. The Hall–Kier alpha value is -3.44. The largest absolute Gasteiger partial charge is 0.351 e. The zero-order valence-electron chi connectivity index (χ0n) is 14.6. The van der Waals surface area contributed by atoms with Gasteiger partial charge in [-0.1, -0.05) is 48.6 Å². The molecule has 4 rings (SSSR count). The number of hydrogen-bond donors (Lipinski definition) is 0. The SMILES string of the molecule is CC(=O)[C@H]1[C@H](c2ccccc2F)C(C#N)(C#N)[C@H]2C=Cc3ccccc3N12. The van der Waals surface area contributed by atoms with Gasteiger partial charge >= 0.3 is 0 Å². The first-order valence-electron chi connectivity index (χ1n) is 8.68. The summed E-state index contributed by atoms with van der Waals surface area (Å²) in [5.41, 5.74) is 0.321. The molecule has 27 heavy (non-hydrogen) atoms. The minimum atomic E-state index is -1.58. The molecule has 1 saturated heterocycles. The first kappa shape index (κ1) is 17.0. The molecule has 0 bridgehead atoms. The van der Waals surface area contributed by atoms with Crippen LogP contribution in [0.3, 0.4) is 0 Å². The molecule has 0 aliphatic carbocycles. The van der Waals surface area contributed by atoms with Gasteiger partial charge in [0, 0.05) is 11.6 Å². The van der Waals surface area contributed by atoms with Gasteiger partial charge in [0.2, 0.25) is 0 Å². The molecule has 2 aliphatic heterocycles. The highest BCUT2D eigenvalue weighted by Gasteiger charge is 2.63. The molecule has 5 heteroatoms. The number of fused-ring (bicyclic) bond motifs is 3. The van der Waals surface area contributed by atoms with Crippen molar-refractivity contribution >= 4 is 17.5 Å². The minimum absolute atomic E-state index is 0.203. The number of hydrogen-bond acceptors (Lipinski definition) is 4. The third-order valence-corrected chi connectivity index (χ3v) is 5.57. The number of rotatable bonds is 2. The second-order valence-electron chi connectivity index (χ2n) is 6.92. The van der Waals surface area contributed by atoms with Crippen molar-refractivity contribution in [3.05, 3.63) is 71.6 Å². The predicted molar refractivity (Wildman–Crippen MR) is 99.0 cm³/mol. The molecule has 4 nitrogen and oxygen atoms in total. The quantitative estimate of drug-likeness (QED) is 0.819. The van der Waals surface area contributed by atoms with Crippen molar-refractivity contribution < 1.29 is 9.18 Å². The zero-order chi connectivity index (χ0) is 19.2. The molecule has 1 fully saturated rings. The predicted octanol–water partition coefficient (Wildman–Crippen LogP) is 3.82. The maximum absolute atomic E-state index is 14.7. The average molecular weight is 357 g/mol. The monoisotopic (exact) mass is 357 g/mol. The summed E-state index contributed by atoms with van der Waals surface area (Å²) in [4.78, 5) is 14.5. The fourth-order valence-electron chi connectivity index (χ4n) is 4.46. The molecule has 0 N–H and O–H groups in total. The maximum atomic E-state index is 14.7. The van der Waals surface area contributed by atoms with Crippen molar-refractivity contribution in [2.24, 2.45) is 5.41 Å². The number of halogens is 1. The molecule has 0 radical (unpaired) electrons. The normalized spacial score (nSPS) is 24.4. The van der Waals surface area contributed by atoms with Crippen molar-refractivity contribution in [2.75, 3.05) is 4.90 Å². The lowest BCUT2D eigenvalue weighted by Gasteiger charge is -2.35. The first-order chi connectivity index (χ1) is 13.0. The summed E-state index contributed by atoms with van der Waals surface area (Å²) >= 11 is 0. The number of nitrogens with zero attached hydrogens (tertiary/aromatic N) is 3. The molecule has 0 amide bonds. The van der Waals surface area contributed by atoms with E-state index in [1.165, 1.54) is 13.0 Å². The Morgan fingerprint density at radius 1 is 1.11 bits per heavy atom. The lowest BCUT2D eigenvalue weighted by molar-refractivity contribution is -0.118. The molecule has 2 aliphatic rings. The van der Waals surface area contributed by atoms with Crippen LogP contribution in [0, 0.1) is 33.9 Å². The van der Waals surface area contributed by atoms with E-state index in [2.05, 4.69) is 12.1 Å². The van der Waals surface area contributed by atoms with Crippen LogP contribution in [0.1, 0.15) is 24.0 Å². The van der Waals surface area contributed by atoms with Gasteiger partial charge in [0.1, 0.15) is 5.82 Å². The maximum Gasteiger partial charge on any atom is 0.176 e. The highest BCUT2D eigenvalue weighted by atomic mass is 19.1. The van der Waals surface area contributed by atoms with Crippen LogP contribution in [0.4, 0.5) is 10.1 Å². The van der Waals surface area contributed by atoms with Crippen LogP contribution in [0.25, 0.3) is 6.08 Å². The Morgan fingerprint density at radius 3 is 2.44 bits per heavy atom. The molecule has 2 heterocycles. The topological polar surface area (TPSA) is 67.9 Å². The van der Waals surface area contributed by atoms with Gasteiger partial charge in [0.15, 0.2) is 11.2 Å². The van der Waals surface area contributed by atoms with Crippen LogP contribution in [-0.2, 0) is 4.79 Å². The van der Waals surface area contributed by atoms with E-state index >= 15 is 0 Å². The Bertz CT molecular complexity index is 1030. The Kier molecular flexibility index (Phi) is 3.82. The summed E-state index contributed by atoms with van der Waals surface area (Å²) in [6.07, 6.45) is 3.65. The van der Waals surface area contributed by atoms with Gasteiger partial charge < -0.3 is 4.90 Å². The lowest BCUT2D eigenvalue weighted by atomic mass is 9.69. The molecule has 0 saturated carbocycles. The summed E-state index contributed by atoms with van der Waals surface area (Å²) < 4.78 is 14.7. The minimum Gasteiger partial charge on any atom is -0.351 e. The van der Waals surface area contributed by atoms with Crippen molar-refractivity contribution in [1.29, 1.82) is 10.5 Å². The number of benzene rings is 2. The number of anilines is 1. The van der Waals surface area contributed by atoms with Crippen LogP contribution in [0.5, 0.6) is 0 Å². The van der Waals surface area contributed by atoms with E-state index in [4.69, 9.17) is 0 Å². The number of nitriles is 2. The van der Waals surface area contributed by atoms with Gasteiger partial charge in [-0.25, -0.2) is 4.39 Å². The van der Waals surface area contributed by atoms with Crippen molar-refractivity contribution in [3.8, 4) is 12.1 Å². The van der Waals surface area contributed by atoms with E-state index in [1.807, 2.05) is 35.2 Å². The lowest BCUT2D eigenvalue weighted by Crippen LogP contribution is -2.43. The summed E-state index contributed by atoms with van der Waals surface area (Å²) in [6.45, 7) is 1.43. The van der Waals surface area contributed by atoms with Gasteiger partial charge in [0.05, 0.1) is 24.2 Å². The van der Waals surface area contributed by atoms with Gasteiger partial charge in [-0.3, -0.25) is 4.79 Å². The van der Waals surface area contributed by atoms with Gasteiger partial charge in [-0.05, 0) is 30.2 Å². The van der Waals surface area contributed by atoms with E-state index in [1.54, 1.807) is 24.3 Å². The Morgan fingerprint density at radius 2 is 1.78 bits per heavy atom. The van der Waals surface area contributed by atoms with Gasteiger partial charge in [-0.2, -0.15) is 10.5 Å². The van der Waals surface area contributed by atoms with E-state index in [0.717, 1.165) is 11.3 Å². The smallest absolute Gasteiger partial charge is 0.176 e. The van der Waals surface area contributed by atoms with Crippen LogP contribution >= 0.6 is 0 Å². The first-order valence-corrected chi connectivity index (χ1v) is 8.68. The van der Waals surface area contributed by atoms with Crippen LogP contribution in [0.2, 0.25) is 0 Å². The second kappa shape index (κ2) is 6.07. The fourth-order valence-corrected chi connectivity index (χ4v) is 4.46. The second-order valence-corrected chi connectivity index (χ2v) is 6.92. The van der Waals surface area contributed by atoms with Crippen molar-refractivity contribution in [3.63, 3.8) is 0 Å². The molecule has 3 atom stereocenters. The van der Waals surface area contributed by atoms with Gasteiger partial charge in [0.25, 0.3) is 0 Å². The van der Waals surface area contributed by atoms with Crippen molar-refractivity contribution in [2.45, 2.75) is 24.9 Å². The summed E-state index contributed by atoms with van der Waals surface area (Å²) in [7, 11) is 0. The van der Waals surface area contributed by atoms with Crippen LogP contribution in [-0.4, -0.2) is 17.9 Å². The average Bonchev–Trinajstić information content (AvgIpc) is 2.99. The molecule has 132 valence electrons. The zero-order valence-corrected chi connectivity index (χ0v) is 14.6.